The lowest BCUT2D eigenvalue weighted by Gasteiger charge is -2.08. The topological polar surface area (TPSA) is 64.3 Å². The Balaban J connectivity index is 2.19. The fraction of sp³-hybridized carbons (Fsp3) is 0.875. The second-order valence-corrected chi connectivity index (χ2v) is 3.28. The summed E-state index contributed by atoms with van der Waals surface area (Å²) in [5.74, 6) is -4.72. The molecule has 0 saturated carbocycles. The first-order chi connectivity index (χ1) is 6.56. The Morgan fingerprint density at radius 3 is 2.86 bits per heavy atom. The van der Waals surface area contributed by atoms with Gasteiger partial charge in [-0.3, -0.25) is 0 Å². The summed E-state index contributed by atoms with van der Waals surface area (Å²) in [6.45, 7) is 1.46. The number of cyclic esters (lactones) is 1. The van der Waals surface area contributed by atoms with Crippen molar-refractivity contribution in [3.63, 3.8) is 0 Å². The van der Waals surface area contributed by atoms with E-state index in [4.69, 9.17) is 5.73 Å². The van der Waals surface area contributed by atoms with Gasteiger partial charge in [-0.1, -0.05) is 0 Å². The SMILES string of the molecule is NCCCNCC1CC(F)(F)C(=O)O1. The molecule has 6 heteroatoms. The summed E-state index contributed by atoms with van der Waals surface area (Å²) in [6, 6.07) is 0. The van der Waals surface area contributed by atoms with Crippen molar-refractivity contribution in [2.24, 2.45) is 5.73 Å². The van der Waals surface area contributed by atoms with E-state index in [0.29, 0.717) is 13.1 Å². The number of rotatable bonds is 5. The van der Waals surface area contributed by atoms with Crippen molar-refractivity contribution in [1.29, 1.82) is 0 Å². The maximum Gasteiger partial charge on any atom is 0.377 e. The third-order valence-corrected chi connectivity index (χ3v) is 1.99. The highest BCUT2D eigenvalue weighted by atomic mass is 19.3. The van der Waals surface area contributed by atoms with Crippen LogP contribution in [-0.2, 0) is 9.53 Å². The van der Waals surface area contributed by atoms with E-state index in [1.54, 1.807) is 0 Å². The number of ether oxygens (including phenoxy) is 1. The molecule has 1 aliphatic heterocycles. The molecule has 0 radical (unpaired) electrons. The molecule has 1 rings (SSSR count). The molecule has 0 aromatic heterocycles. The summed E-state index contributed by atoms with van der Waals surface area (Å²) in [6.07, 6.45) is -0.464. The van der Waals surface area contributed by atoms with Crippen molar-refractivity contribution < 1.29 is 18.3 Å². The molecule has 0 bridgehead atoms. The number of hydrogen-bond donors (Lipinski definition) is 2. The molecule has 1 fully saturated rings. The van der Waals surface area contributed by atoms with Gasteiger partial charge in [-0.15, -0.1) is 0 Å². The zero-order valence-corrected chi connectivity index (χ0v) is 7.76. The van der Waals surface area contributed by atoms with Gasteiger partial charge in [-0.2, -0.15) is 8.78 Å². The normalized spacial score (nSPS) is 25.1. The smallest absolute Gasteiger partial charge is 0.377 e. The molecular formula is C8H14F2N2O2. The molecular weight excluding hydrogens is 194 g/mol. The van der Waals surface area contributed by atoms with Gasteiger partial charge >= 0.3 is 11.9 Å². The van der Waals surface area contributed by atoms with Crippen LogP contribution in [0, 0.1) is 0 Å². The first-order valence-corrected chi connectivity index (χ1v) is 4.56. The number of alkyl halides is 2. The molecule has 1 atom stereocenters. The lowest BCUT2D eigenvalue weighted by atomic mass is 10.2. The summed E-state index contributed by atoms with van der Waals surface area (Å²) in [4.78, 5) is 10.6. The summed E-state index contributed by atoms with van der Waals surface area (Å²) in [5.41, 5.74) is 5.24. The Hall–Kier alpha value is -0.750. The van der Waals surface area contributed by atoms with Crippen molar-refractivity contribution in [2.45, 2.75) is 24.9 Å². The molecule has 4 nitrogen and oxygen atoms in total. The average molecular weight is 208 g/mol. The highest BCUT2D eigenvalue weighted by Gasteiger charge is 2.50. The van der Waals surface area contributed by atoms with Crippen LogP contribution in [-0.4, -0.2) is 37.6 Å². The maximum absolute atomic E-state index is 12.6. The van der Waals surface area contributed by atoms with E-state index < -0.39 is 24.4 Å². The lowest BCUT2D eigenvalue weighted by molar-refractivity contribution is -0.158. The Morgan fingerprint density at radius 2 is 2.36 bits per heavy atom. The van der Waals surface area contributed by atoms with E-state index in [1.165, 1.54) is 0 Å². The minimum Gasteiger partial charge on any atom is -0.456 e. The van der Waals surface area contributed by atoms with Gasteiger partial charge in [0.25, 0.3) is 0 Å². The number of halogens is 2. The molecule has 1 heterocycles. The van der Waals surface area contributed by atoms with Crippen LogP contribution in [0.4, 0.5) is 8.78 Å². The molecule has 0 aromatic carbocycles. The van der Waals surface area contributed by atoms with E-state index >= 15 is 0 Å². The predicted molar refractivity (Wildman–Crippen MR) is 46.0 cm³/mol. The van der Waals surface area contributed by atoms with Crippen LogP contribution in [0.5, 0.6) is 0 Å². The Kier molecular flexibility index (Phi) is 3.77. The van der Waals surface area contributed by atoms with Crippen LogP contribution in [0.2, 0.25) is 0 Å². The van der Waals surface area contributed by atoms with Crippen LogP contribution in [0.3, 0.4) is 0 Å². The fourth-order valence-electron chi connectivity index (χ4n) is 1.25. The summed E-state index contributed by atoms with van der Waals surface area (Å²) < 4.78 is 29.8. The molecule has 14 heavy (non-hydrogen) atoms. The number of esters is 1. The molecule has 82 valence electrons. The molecule has 1 aliphatic rings. The summed E-state index contributed by atoms with van der Waals surface area (Å²) in [5, 5.41) is 2.90. The number of carbonyl (C=O) groups excluding carboxylic acids is 1. The van der Waals surface area contributed by atoms with Crippen molar-refractivity contribution >= 4 is 5.97 Å². The standard InChI is InChI=1S/C8H14F2N2O2/c9-8(10)4-6(14-7(8)13)5-12-3-1-2-11/h6,12H,1-5,11H2. The van der Waals surface area contributed by atoms with Crippen LogP contribution in [0.15, 0.2) is 0 Å². The summed E-state index contributed by atoms with van der Waals surface area (Å²) >= 11 is 0. The van der Waals surface area contributed by atoms with Crippen LogP contribution in [0.25, 0.3) is 0 Å². The Morgan fingerprint density at radius 1 is 1.64 bits per heavy atom. The first-order valence-electron chi connectivity index (χ1n) is 4.56. The zero-order valence-electron chi connectivity index (χ0n) is 7.76. The van der Waals surface area contributed by atoms with Gasteiger partial charge in [-0.05, 0) is 19.5 Å². The second-order valence-electron chi connectivity index (χ2n) is 3.28. The van der Waals surface area contributed by atoms with Gasteiger partial charge in [0, 0.05) is 6.54 Å². The lowest BCUT2D eigenvalue weighted by Crippen LogP contribution is -2.28. The number of carbonyl (C=O) groups is 1. The predicted octanol–water partition coefficient (Wildman–Crippen LogP) is -0.124. The van der Waals surface area contributed by atoms with Gasteiger partial charge in [0.05, 0.1) is 6.42 Å². The van der Waals surface area contributed by atoms with E-state index in [2.05, 4.69) is 10.1 Å². The average Bonchev–Trinajstić information content (AvgIpc) is 2.35. The molecule has 1 unspecified atom stereocenters. The van der Waals surface area contributed by atoms with E-state index in [-0.39, 0.29) is 6.54 Å². The molecule has 0 aromatic rings. The van der Waals surface area contributed by atoms with Crippen LogP contribution < -0.4 is 11.1 Å². The zero-order chi connectivity index (χ0) is 10.6. The number of hydrogen-bond acceptors (Lipinski definition) is 4. The Labute approximate surface area is 80.8 Å². The minimum atomic E-state index is -3.31. The largest absolute Gasteiger partial charge is 0.456 e. The van der Waals surface area contributed by atoms with Crippen molar-refractivity contribution in [3.8, 4) is 0 Å². The molecule has 3 N–H and O–H groups in total. The van der Waals surface area contributed by atoms with Crippen molar-refractivity contribution in [3.05, 3.63) is 0 Å². The minimum absolute atomic E-state index is 0.265. The van der Waals surface area contributed by atoms with Crippen molar-refractivity contribution in [1.82, 2.24) is 5.32 Å². The van der Waals surface area contributed by atoms with E-state index in [9.17, 15) is 13.6 Å². The molecule has 0 aliphatic carbocycles. The number of nitrogens with one attached hydrogen (secondary N) is 1. The quantitative estimate of drug-likeness (QED) is 0.488. The van der Waals surface area contributed by atoms with Gasteiger partial charge < -0.3 is 15.8 Å². The second kappa shape index (κ2) is 4.65. The highest BCUT2D eigenvalue weighted by molar-refractivity contribution is 5.79. The van der Waals surface area contributed by atoms with Crippen molar-refractivity contribution in [2.75, 3.05) is 19.6 Å². The highest BCUT2D eigenvalue weighted by Crippen LogP contribution is 2.30. The van der Waals surface area contributed by atoms with Crippen LogP contribution >= 0.6 is 0 Å². The molecule has 0 spiro atoms. The number of nitrogens with two attached hydrogens (primary N) is 1. The van der Waals surface area contributed by atoms with E-state index in [1.807, 2.05) is 0 Å². The third kappa shape index (κ3) is 2.88. The first kappa shape index (κ1) is 11.3. The van der Waals surface area contributed by atoms with Gasteiger partial charge in [0.15, 0.2) is 0 Å². The summed E-state index contributed by atoms with van der Waals surface area (Å²) in [7, 11) is 0. The monoisotopic (exact) mass is 208 g/mol. The van der Waals surface area contributed by atoms with Gasteiger partial charge in [0.1, 0.15) is 6.10 Å². The van der Waals surface area contributed by atoms with E-state index in [0.717, 1.165) is 6.42 Å². The fourth-order valence-corrected chi connectivity index (χ4v) is 1.25. The molecule has 1 saturated heterocycles. The third-order valence-electron chi connectivity index (χ3n) is 1.99. The Bertz CT molecular complexity index is 212. The molecule has 0 amide bonds. The van der Waals surface area contributed by atoms with Gasteiger partial charge in [-0.25, -0.2) is 4.79 Å². The van der Waals surface area contributed by atoms with Crippen LogP contribution in [0.1, 0.15) is 12.8 Å². The maximum atomic E-state index is 12.6. The van der Waals surface area contributed by atoms with Gasteiger partial charge in [0.2, 0.25) is 0 Å².